The number of aldehydes is 1. The predicted octanol–water partition coefficient (Wildman–Crippen LogP) is 3.30. The van der Waals surface area contributed by atoms with Crippen LogP contribution in [0.2, 0.25) is 0 Å². The average molecular weight is 280 g/mol. The third-order valence-electron chi connectivity index (χ3n) is 1.71. The SMILES string of the molecule is CC=O.CCC(F)(F)F.CNc1ccc(O)c(C)n1. The standard InChI is InChI=1S/C7H10N2O.C3H5F3.C2H4O/c1-5-6(10)3-4-7(8-2)9-5;1-2-3(4,5)6;1-2-3/h3-4,10H,1-2H3,(H,8,9);2H2,1H3;2H,1H3. The van der Waals surface area contributed by atoms with Crippen LogP contribution in [0.5, 0.6) is 5.75 Å². The number of nitrogens with one attached hydrogen (secondary N) is 1. The molecule has 4 nitrogen and oxygen atoms in total. The van der Waals surface area contributed by atoms with Crippen molar-refractivity contribution in [1.29, 1.82) is 0 Å². The van der Waals surface area contributed by atoms with Gasteiger partial charge in [0, 0.05) is 13.5 Å². The number of rotatable bonds is 1. The van der Waals surface area contributed by atoms with Crippen molar-refractivity contribution in [1.82, 2.24) is 4.98 Å². The van der Waals surface area contributed by atoms with Crippen LogP contribution in [0.4, 0.5) is 19.0 Å². The van der Waals surface area contributed by atoms with Crippen LogP contribution in [-0.4, -0.2) is 29.6 Å². The van der Waals surface area contributed by atoms with Gasteiger partial charge in [0.2, 0.25) is 0 Å². The van der Waals surface area contributed by atoms with Gasteiger partial charge in [0.05, 0.1) is 5.69 Å². The van der Waals surface area contributed by atoms with Crippen LogP contribution in [-0.2, 0) is 4.79 Å². The van der Waals surface area contributed by atoms with Crippen LogP contribution in [0.3, 0.4) is 0 Å². The Hall–Kier alpha value is -1.79. The summed E-state index contributed by atoms with van der Waals surface area (Å²) in [5.41, 5.74) is 0.645. The molecule has 0 atom stereocenters. The molecule has 1 aromatic rings. The van der Waals surface area contributed by atoms with Gasteiger partial charge in [-0.2, -0.15) is 13.2 Å². The van der Waals surface area contributed by atoms with Crippen molar-refractivity contribution in [3.8, 4) is 5.75 Å². The van der Waals surface area contributed by atoms with Crippen molar-refractivity contribution < 1.29 is 23.1 Å². The van der Waals surface area contributed by atoms with Crippen LogP contribution in [0.15, 0.2) is 12.1 Å². The molecule has 0 unspecified atom stereocenters. The van der Waals surface area contributed by atoms with Gasteiger partial charge in [0.15, 0.2) is 0 Å². The first-order valence-corrected chi connectivity index (χ1v) is 5.52. The van der Waals surface area contributed by atoms with E-state index in [1.165, 1.54) is 6.92 Å². The van der Waals surface area contributed by atoms with Crippen LogP contribution < -0.4 is 5.32 Å². The number of aromatic hydroxyl groups is 1. The molecular weight excluding hydrogens is 261 g/mol. The molecular formula is C12H19F3N2O2. The zero-order valence-corrected chi connectivity index (χ0v) is 11.4. The van der Waals surface area contributed by atoms with Gasteiger partial charge in [0.1, 0.15) is 17.9 Å². The van der Waals surface area contributed by atoms with E-state index in [1.807, 2.05) is 0 Å². The van der Waals surface area contributed by atoms with E-state index in [4.69, 9.17) is 9.90 Å². The lowest BCUT2D eigenvalue weighted by atomic mass is 10.3. The van der Waals surface area contributed by atoms with Gasteiger partial charge in [-0.25, -0.2) is 4.98 Å². The summed E-state index contributed by atoms with van der Waals surface area (Å²) in [4.78, 5) is 12.8. The molecule has 0 aliphatic carbocycles. The summed E-state index contributed by atoms with van der Waals surface area (Å²) in [6.45, 7) is 4.29. The van der Waals surface area contributed by atoms with E-state index in [1.54, 1.807) is 26.1 Å². The predicted molar refractivity (Wildman–Crippen MR) is 68.3 cm³/mol. The van der Waals surface area contributed by atoms with Crippen molar-refractivity contribution in [2.45, 2.75) is 33.4 Å². The Balaban J connectivity index is 0. The minimum atomic E-state index is -3.96. The molecule has 0 amide bonds. The number of aromatic nitrogens is 1. The van der Waals surface area contributed by atoms with E-state index >= 15 is 0 Å². The van der Waals surface area contributed by atoms with Gasteiger partial charge in [-0.1, -0.05) is 6.92 Å². The van der Waals surface area contributed by atoms with Gasteiger partial charge in [-0.3, -0.25) is 0 Å². The summed E-state index contributed by atoms with van der Waals surface area (Å²) in [5, 5.41) is 11.9. The second-order valence-electron chi connectivity index (χ2n) is 3.26. The highest BCUT2D eigenvalue weighted by atomic mass is 19.4. The fraction of sp³-hybridized carbons (Fsp3) is 0.500. The zero-order valence-electron chi connectivity index (χ0n) is 11.4. The largest absolute Gasteiger partial charge is 0.506 e. The summed E-state index contributed by atoms with van der Waals surface area (Å²) in [7, 11) is 1.79. The fourth-order valence-electron chi connectivity index (χ4n) is 0.693. The minimum absolute atomic E-state index is 0.235. The van der Waals surface area contributed by atoms with E-state index < -0.39 is 12.6 Å². The van der Waals surface area contributed by atoms with Gasteiger partial charge in [0.25, 0.3) is 0 Å². The van der Waals surface area contributed by atoms with E-state index in [-0.39, 0.29) is 5.75 Å². The summed E-state index contributed by atoms with van der Waals surface area (Å²) in [5.74, 6) is 1.01. The Morgan fingerprint density at radius 2 is 1.84 bits per heavy atom. The molecule has 0 saturated heterocycles. The molecule has 2 N–H and O–H groups in total. The first-order chi connectivity index (χ1) is 8.71. The van der Waals surface area contributed by atoms with Crippen LogP contribution in [0.1, 0.15) is 26.0 Å². The molecule has 0 radical (unpaired) electrons. The van der Waals surface area contributed by atoms with Crippen molar-refractivity contribution in [3.63, 3.8) is 0 Å². The van der Waals surface area contributed by atoms with E-state index in [2.05, 4.69) is 10.3 Å². The minimum Gasteiger partial charge on any atom is -0.506 e. The summed E-state index contributed by atoms with van der Waals surface area (Å²) in [6.07, 6.45) is -3.94. The number of alkyl halides is 3. The van der Waals surface area contributed by atoms with Crippen LogP contribution in [0, 0.1) is 6.92 Å². The quantitative estimate of drug-likeness (QED) is 0.775. The normalized spacial score (nSPS) is 9.42. The van der Waals surface area contributed by atoms with E-state index in [9.17, 15) is 13.2 Å². The highest BCUT2D eigenvalue weighted by Crippen LogP contribution is 2.17. The summed E-state index contributed by atoms with van der Waals surface area (Å²) < 4.78 is 32.4. The average Bonchev–Trinajstić information content (AvgIpc) is 2.33. The van der Waals surface area contributed by atoms with Crippen molar-refractivity contribution in [3.05, 3.63) is 17.8 Å². The molecule has 0 aliphatic heterocycles. The van der Waals surface area contributed by atoms with Crippen molar-refractivity contribution in [2.75, 3.05) is 12.4 Å². The van der Waals surface area contributed by atoms with E-state index in [0.29, 0.717) is 5.69 Å². The molecule has 0 spiro atoms. The van der Waals surface area contributed by atoms with Crippen LogP contribution >= 0.6 is 0 Å². The number of pyridine rings is 1. The highest BCUT2D eigenvalue weighted by Gasteiger charge is 2.22. The number of carbonyl (C=O) groups excluding carboxylic acids is 1. The van der Waals surface area contributed by atoms with Crippen molar-refractivity contribution in [2.24, 2.45) is 0 Å². The Morgan fingerprint density at radius 1 is 1.42 bits per heavy atom. The molecule has 0 fully saturated rings. The third-order valence-corrected chi connectivity index (χ3v) is 1.71. The maximum absolute atomic E-state index is 10.8. The van der Waals surface area contributed by atoms with Crippen molar-refractivity contribution >= 4 is 12.1 Å². The first kappa shape index (κ1) is 19.5. The third kappa shape index (κ3) is 12.5. The first-order valence-electron chi connectivity index (χ1n) is 5.52. The molecule has 0 aliphatic rings. The number of anilines is 1. The molecule has 0 aromatic carbocycles. The number of nitrogens with zero attached hydrogens (tertiary/aromatic N) is 1. The van der Waals surface area contributed by atoms with Gasteiger partial charge in [-0.05, 0) is 26.0 Å². The summed E-state index contributed by atoms with van der Waals surface area (Å²) >= 11 is 0. The molecule has 0 saturated carbocycles. The lowest BCUT2D eigenvalue weighted by Crippen LogP contribution is -2.02. The Morgan fingerprint density at radius 3 is 2.11 bits per heavy atom. The molecule has 19 heavy (non-hydrogen) atoms. The van der Waals surface area contributed by atoms with Gasteiger partial charge in [-0.15, -0.1) is 0 Å². The van der Waals surface area contributed by atoms with Gasteiger partial charge >= 0.3 is 6.18 Å². The second-order valence-corrected chi connectivity index (χ2v) is 3.26. The van der Waals surface area contributed by atoms with E-state index in [0.717, 1.165) is 19.0 Å². The maximum Gasteiger partial charge on any atom is 0.388 e. The highest BCUT2D eigenvalue weighted by molar-refractivity contribution is 5.44. The smallest absolute Gasteiger partial charge is 0.388 e. The lowest BCUT2D eigenvalue weighted by molar-refractivity contribution is -0.130. The molecule has 1 rings (SSSR count). The molecule has 1 aromatic heterocycles. The number of halogens is 3. The summed E-state index contributed by atoms with van der Waals surface area (Å²) in [6, 6.07) is 3.34. The molecule has 110 valence electrons. The van der Waals surface area contributed by atoms with Crippen LogP contribution in [0.25, 0.3) is 0 Å². The Bertz CT molecular complexity index is 368. The van der Waals surface area contributed by atoms with Gasteiger partial charge < -0.3 is 15.2 Å². The number of hydrogen-bond acceptors (Lipinski definition) is 4. The molecule has 0 bridgehead atoms. The molecule has 7 heteroatoms. The second kappa shape index (κ2) is 10.2. The number of aryl methyl sites for hydroxylation is 1. The Kier molecular flexibility index (Phi) is 10.5. The number of hydrogen-bond donors (Lipinski definition) is 2. The monoisotopic (exact) mass is 280 g/mol. The lowest BCUT2D eigenvalue weighted by Gasteiger charge is -2.00. The molecule has 1 heterocycles. The topological polar surface area (TPSA) is 62.2 Å². The maximum atomic E-state index is 10.8. The Labute approximate surface area is 110 Å². The zero-order chi connectivity index (χ0) is 15.5. The fourth-order valence-corrected chi connectivity index (χ4v) is 0.693. The number of carbonyl (C=O) groups is 1.